The number of nitrogens with one attached hydrogen (secondary N) is 1. The van der Waals surface area contributed by atoms with Gasteiger partial charge in [-0.05, 0) is 65.3 Å². The molecule has 0 spiro atoms. The summed E-state index contributed by atoms with van der Waals surface area (Å²) in [6.45, 7) is 0.283. The summed E-state index contributed by atoms with van der Waals surface area (Å²) in [6, 6.07) is 28.0. The maximum atomic E-state index is 14.1. The summed E-state index contributed by atoms with van der Waals surface area (Å²) in [6.07, 6.45) is 1.97. The first-order valence-electron chi connectivity index (χ1n) is 14.7. The van der Waals surface area contributed by atoms with Gasteiger partial charge in [0.1, 0.15) is 0 Å². The highest BCUT2D eigenvalue weighted by Crippen LogP contribution is 2.34. The third-order valence-corrected chi connectivity index (χ3v) is 8.08. The highest BCUT2D eigenvalue weighted by atomic mass is 16.5. The lowest BCUT2D eigenvalue weighted by molar-refractivity contribution is -0.137. The van der Waals surface area contributed by atoms with Crippen LogP contribution in [0.15, 0.2) is 91.0 Å². The number of aryl methyl sites for hydroxylation is 1. The summed E-state index contributed by atoms with van der Waals surface area (Å²) in [5.74, 6) is -0.368. The average molecular weight is 593 g/mol. The van der Waals surface area contributed by atoms with Crippen molar-refractivity contribution < 1.29 is 29.0 Å². The van der Waals surface area contributed by atoms with E-state index in [-0.39, 0.29) is 37.4 Å². The quantitative estimate of drug-likeness (QED) is 0.211. The fourth-order valence-corrected chi connectivity index (χ4v) is 5.89. The second-order valence-corrected chi connectivity index (χ2v) is 10.7. The van der Waals surface area contributed by atoms with Crippen molar-refractivity contribution in [3.05, 3.63) is 119 Å². The lowest BCUT2D eigenvalue weighted by Gasteiger charge is -2.24. The number of carbonyl (C=O) groups is 3. The van der Waals surface area contributed by atoms with Crippen LogP contribution >= 0.6 is 0 Å². The molecular formula is C36H36N2O6. The Morgan fingerprint density at radius 1 is 0.818 bits per heavy atom. The monoisotopic (exact) mass is 592 g/mol. The van der Waals surface area contributed by atoms with Gasteiger partial charge in [0.2, 0.25) is 0 Å². The maximum absolute atomic E-state index is 14.1. The van der Waals surface area contributed by atoms with E-state index in [0.717, 1.165) is 24.0 Å². The molecule has 0 saturated carbocycles. The van der Waals surface area contributed by atoms with Gasteiger partial charge in [-0.25, -0.2) is 0 Å². The Morgan fingerprint density at radius 3 is 2.23 bits per heavy atom. The molecule has 1 aliphatic rings. The Kier molecular flexibility index (Phi) is 9.59. The number of methoxy groups -OCH3 is 2. The molecule has 1 aliphatic carbocycles. The van der Waals surface area contributed by atoms with Gasteiger partial charge in [-0.2, -0.15) is 0 Å². The minimum atomic E-state index is -0.995. The molecule has 226 valence electrons. The van der Waals surface area contributed by atoms with Crippen LogP contribution in [-0.4, -0.2) is 55.1 Å². The van der Waals surface area contributed by atoms with Gasteiger partial charge in [-0.15, -0.1) is 0 Å². The molecule has 0 bridgehead atoms. The van der Waals surface area contributed by atoms with Crippen molar-refractivity contribution in [3.63, 3.8) is 0 Å². The minimum Gasteiger partial charge on any atom is -0.493 e. The van der Waals surface area contributed by atoms with Crippen LogP contribution < -0.4 is 14.8 Å². The second kappa shape index (κ2) is 13.9. The number of carboxylic acid groups (broad SMARTS) is 1. The normalized spacial score (nSPS) is 13.5. The lowest BCUT2D eigenvalue weighted by Crippen LogP contribution is -2.35. The van der Waals surface area contributed by atoms with Crippen LogP contribution in [0.4, 0.5) is 0 Å². The Hall–Kier alpha value is -5.11. The Labute approximate surface area is 257 Å². The van der Waals surface area contributed by atoms with Crippen molar-refractivity contribution in [2.45, 2.75) is 31.7 Å². The van der Waals surface area contributed by atoms with Crippen molar-refractivity contribution in [3.8, 4) is 22.6 Å². The van der Waals surface area contributed by atoms with Crippen molar-refractivity contribution >= 4 is 17.8 Å². The number of benzene rings is 4. The lowest BCUT2D eigenvalue weighted by atomic mass is 9.94. The zero-order chi connectivity index (χ0) is 31.1. The van der Waals surface area contributed by atoms with Gasteiger partial charge in [-0.3, -0.25) is 14.4 Å². The Morgan fingerprint density at radius 2 is 1.50 bits per heavy atom. The van der Waals surface area contributed by atoms with Crippen molar-refractivity contribution in [1.29, 1.82) is 0 Å². The van der Waals surface area contributed by atoms with Gasteiger partial charge in [0.25, 0.3) is 11.8 Å². The second-order valence-electron chi connectivity index (χ2n) is 10.7. The predicted molar refractivity (Wildman–Crippen MR) is 168 cm³/mol. The fourth-order valence-electron chi connectivity index (χ4n) is 5.89. The standard InChI is InChI=1S/C36H36N2O6/c1-43-32-17-9-11-25(34(32)44-2)20-22-38(23-21-33(39)40)36(42)30-16-8-6-14-28(30)27-13-5-7-15-29(27)35(41)37-31-19-18-24-10-3-4-12-26(24)31/h3-17,31H,18-23H2,1-2H3,(H,37,41)(H,39,40). The molecule has 8 heteroatoms. The molecule has 2 amide bonds. The Bertz CT molecular complexity index is 1670. The van der Waals surface area contributed by atoms with Gasteiger partial charge in [0.05, 0.1) is 26.7 Å². The smallest absolute Gasteiger partial charge is 0.305 e. The number of carboxylic acids is 1. The van der Waals surface area contributed by atoms with Gasteiger partial charge in [0, 0.05) is 24.2 Å². The van der Waals surface area contributed by atoms with Crippen LogP contribution in [0.2, 0.25) is 0 Å². The number of amides is 2. The van der Waals surface area contributed by atoms with Crippen LogP contribution in [0, 0.1) is 0 Å². The molecule has 0 saturated heterocycles. The molecule has 0 aliphatic heterocycles. The van der Waals surface area contributed by atoms with E-state index in [9.17, 15) is 19.5 Å². The molecule has 0 aromatic heterocycles. The van der Waals surface area contributed by atoms with E-state index in [4.69, 9.17) is 9.47 Å². The van der Waals surface area contributed by atoms with E-state index >= 15 is 0 Å². The molecule has 0 heterocycles. The van der Waals surface area contributed by atoms with Crippen LogP contribution in [0.3, 0.4) is 0 Å². The molecule has 4 aromatic rings. The molecule has 5 rings (SSSR count). The third-order valence-electron chi connectivity index (χ3n) is 8.08. The zero-order valence-corrected chi connectivity index (χ0v) is 24.9. The number of hydrogen-bond donors (Lipinski definition) is 2. The molecule has 1 atom stereocenters. The first-order valence-corrected chi connectivity index (χ1v) is 14.7. The summed E-state index contributed by atoms with van der Waals surface area (Å²) in [4.78, 5) is 40.9. The highest BCUT2D eigenvalue weighted by molar-refractivity contribution is 6.06. The van der Waals surface area contributed by atoms with Crippen LogP contribution in [0.1, 0.15) is 56.3 Å². The summed E-state index contributed by atoms with van der Waals surface area (Å²) in [5, 5.41) is 12.6. The summed E-state index contributed by atoms with van der Waals surface area (Å²) < 4.78 is 11.0. The van der Waals surface area contributed by atoms with Crippen LogP contribution in [-0.2, 0) is 17.6 Å². The minimum absolute atomic E-state index is 0.0258. The third kappa shape index (κ3) is 6.59. The number of carbonyl (C=O) groups excluding carboxylic acids is 2. The maximum Gasteiger partial charge on any atom is 0.305 e. The van der Waals surface area contributed by atoms with Gasteiger partial charge in [0.15, 0.2) is 11.5 Å². The molecule has 8 nitrogen and oxygen atoms in total. The SMILES string of the molecule is COc1cccc(CCN(CCC(=O)O)C(=O)c2ccccc2-c2ccccc2C(=O)NC2CCc3ccccc32)c1OC. The topological polar surface area (TPSA) is 105 Å². The number of hydrogen-bond acceptors (Lipinski definition) is 5. The van der Waals surface area contributed by atoms with Gasteiger partial charge < -0.3 is 24.8 Å². The molecule has 4 aromatic carbocycles. The molecule has 44 heavy (non-hydrogen) atoms. The van der Waals surface area contributed by atoms with E-state index in [2.05, 4.69) is 17.4 Å². The van der Waals surface area contributed by atoms with Crippen molar-refractivity contribution in [2.24, 2.45) is 0 Å². The van der Waals surface area contributed by atoms with Crippen LogP contribution in [0.25, 0.3) is 11.1 Å². The predicted octanol–water partition coefficient (Wildman–Crippen LogP) is 5.95. The van der Waals surface area contributed by atoms with E-state index in [1.54, 1.807) is 43.4 Å². The first kappa shape index (κ1) is 30.4. The first-order chi connectivity index (χ1) is 21.4. The number of ether oxygens (including phenoxy) is 2. The van der Waals surface area contributed by atoms with Crippen LogP contribution in [0.5, 0.6) is 11.5 Å². The average Bonchev–Trinajstić information content (AvgIpc) is 3.46. The number of para-hydroxylation sites is 1. The van der Waals surface area contributed by atoms with E-state index < -0.39 is 5.97 Å². The summed E-state index contributed by atoms with van der Waals surface area (Å²) in [5.41, 5.74) is 5.31. The summed E-state index contributed by atoms with van der Waals surface area (Å²) >= 11 is 0. The van der Waals surface area contributed by atoms with E-state index in [0.29, 0.717) is 40.2 Å². The number of nitrogens with zero attached hydrogens (tertiary/aromatic N) is 1. The number of aliphatic carboxylic acids is 1. The highest BCUT2D eigenvalue weighted by Gasteiger charge is 2.27. The van der Waals surface area contributed by atoms with E-state index in [1.165, 1.54) is 5.56 Å². The molecule has 0 radical (unpaired) electrons. The molecule has 1 unspecified atom stereocenters. The largest absolute Gasteiger partial charge is 0.493 e. The van der Waals surface area contributed by atoms with Gasteiger partial charge >= 0.3 is 5.97 Å². The number of fused-ring (bicyclic) bond motifs is 1. The van der Waals surface area contributed by atoms with E-state index in [1.807, 2.05) is 54.6 Å². The number of rotatable bonds is 12. The fraction of sp³-hybridized carbons (Fsp3) is 0.250. The molecule has 2 N–H and O–H groups in total. The molecule has 0 fully saturated rings. The Balaban J connectivity index is 1.43. The van der Waals surface area contributed by atoms with Crippen molar-refractivity contribution in [1.82, 2.24) is 10.2 Å². The van der Waals surface area contributed by atoms with Gasteiger partial charge in [-0.1, -0.05) is 72.8 Å². The zero-order valence-electron chi connectivity index (χ0n) is 24.9. The summed E-state index contributed by atoms with van der Waals surface area (Å²) in [7, 11) is 3.12. The molecular weight excluding hydrogens is 556 g/mol. The van der Waals surface area contributed by atoms with Crippen molar-refractivity contribution in [2.75, 3.05) is 27.3 Å².